The molecule has 0 heterocycles. The van der Waals surface area contributed by atoms with Gasteiger partial charge in [-0.3, -0.25) is 0 Å². The maximum Gasteiger partial charge on any atom is 0.289 e. The molecule has 0 atom stereocenters. The van der Waals surface area contributed by atoms with E-state index < -0.39 is 12.9 Å². The van der Waals surface area contributed by atoms with E-state index in [9.17, 15) is 15.2 Å². The van der Waals surface area contributed by atoms with E-state index in [1.54, 1.807) is 30.3 Å². The SMILES string of the molecule is CC(C)(C)c1ccc(O)c(O)c1B([O-])Oc1ccccc1. The van der Waals surface area contributed by atoms with Crippen LogP contribution in [0.4, 0.5) is 0 Å². The van der Waals surface area contributed by atoms with Crippen LogP contribution in [0.2, 0.25) is 0 Å². The molecule has 0 radical (unpaired) electrons. The van der Waals surface area contributed by atoms with Crippen molar-refractivity contribution >= 4 is 12.6 Å². The summed E-state index contributed by atoms with van der Waals surface area (Å²) >= 11 is 0. The van der Waals surface area contributed by atoms with Crippen molar-refractivity contribution in [2.45, 2.75) is 26.2 Å². The number of rotatable bonds is 3. The van der Waals surface area contributed by atoms with Gasteiger partial charge in [0.2, 0.25) is 0 Å². The summed E-state index contributed by atoms with van der Waals surface area (Å²) in [7, 11) is -1.62. The van der Waals surface area contributed by atoms with Crippen molar-refractivity contribution in [3.8, 4) is 17.2 Å². The number of para-hydroxylation sites is 1. The van der Waals surface area contributed by atoms with Gasteiger partial charge in [0.05, 0.1) is 5.75 Å². The molecule has 4 nitrogen and oxygen atoms in total. The number of phenols is 2. The van der Waals surface area contributed by atoms with Crippen LogP contribution < -0.4 is 15.1 Å². The third kappa shape index (κ3) is 3.31. The maximum atomic E-state index is 12.4. The molecule has 0 aliphatic heterocycles. The average Bonchev–Trinajstić information content (AvgIpc) is 2.41. The van der Waals surface area contributed by atoms with E-state index in [0.29, 0.717) is 11.3 Å². The third-order valence-electron chi connectivity index (χ3n) is 3.23. The molecule has 0 aliphatic carbocycles. The third-order valence-corrected chi connectivity index (χ3v) is 3.23. The zero-order chi connectivity index (χ0) is 15.6. The Morgan fingerprint density at radius 3 is 2.19 bits per heavy atom. The van der Waals surface area contributed by atoms with Gasteiger partial charge < -0.3 is 19.9 Å². The van der Waals surface area contributed by atoms with Gasteiger partial charge in [-0.05, 0) is 34.6 Å². The molecule has 0 unspecified atom stereocenters. The number of hydrogen-bond acceptors (Lipinski definition) is 4. The van der Waals surface area contributed by atoms with Gasteiger partial charge in [0.15, 0.2) is 11.5 Å². The highest BCUT2D eigenvalue weighted by atomic mass is 16.5. The van der Waals surface area contributed by atoms with Crippen molar-refractivity contribution in [1.29, 1.82) is 0 Å². The van der Waals surface area contributed by atoms with E-state index in [0.717, 1.165) is 0 Å². The molecule has 0 amide bonds. The molecule has 2 N–H and O–H groups in total. The number of benzene rings is 2. The Bertz CT molecular complexity index is 620. The first-order valence-electron chi connectivity index (χ1n) is 6.73. The smallest absolute Gasteiger partial charge is 0.289 e. The summed E-state index contributed by atoms with van der Waals surface area (Å²) in [6.07, 6.45) is 0. The van der Waals surface area contributed by atoms with Crippen LogP contribution in [0.1, 0.15) is 26.3 Å². The summed E-state index contributed by atoms with van der Waals surface area (Å²) in [4.78, 5) is 0. The molecule has 0 saturated heterocycles. The van der Waals surface area contributed by atoms with Crippen molar-refractivity contribution in [1.82, 2.24) is 0 Å². The topological polar surface area (TPSA) is 72.8 Å². The summed E-state index contributed by atoms with van der Waals surface area (Å²) in [5.41, 5.74) is 0.364. The van der Waals surface area contributed by atoms with Gasteiger partial charge in [-0.15, -0.1) is 0 Å². The van der Waals surface area contributed by atoms with E-state index >= 15 is 0 Å². The van der Waals surface area contributed by atoms with E-state index in [2.05, 4.69) is 0 Å². The lowest BCUT2D eigenvalue weighted by molar-refractivity contribution is -0.208. The molecule has 5 heteroatoms. The van der Waals surface area contributed by atoms with E-state index in [1.807, 2.05) is 26.8 Å². The zero-order valence-corrected chi connectivity index (χ0v) is 12.3. The number of phenolic OH excluding ortho intramolecular Hbond substituents is 2. The summed E-state index contributed by atoms with van der Waals surface area (Å²) in [5.74, 6) is -0.325. The minimum atomic E-state index is -1.62. The van der Waals surface area contributed by atoms with Crippen LogP contribution in [0.15, 0.2) is 42.5 Å². The van der Waals surface area contributed by atoms with E-state index in [4.69, 9.17) is 4.65 Å². The molecule has 2 rings (SSSR count). The van der Waals surface area contributed by atoms with Crippen molar-refractivity contribution in [3.05, 3.63) is 48.0 Å². The van der Waals surface area contributed by atoms with Crippen LogP contribution in [0.3, 0.4) is 0 Å². The maximum absolute atomic E-state index is 12.4. The van der Waals surface area contributed by atoms with Crippen LogP contribution in [0, 0.1) is 0 Å². The van der Waals surface area contributed by atoms with Crippen molar-refractivity contribution < 1.29 is 19.9 Å². The Morgan fingerprint density at radius 2 is 1.62 bits per heavy atom. The molecular weight excluding hydrogens is 267 g/mol. The molecule has 110 valence electrons. The van der Waals surface area contributed by atoms with Gasteiger partial charge in [0.25, 0.3) is 7.12 Å². The van der Waals surface area contributed by atoms with Crippen LogP contribution in [0.5, 0.6) is 17.2 Å². The van der Waals surface area contributed by atoms with Gasteiger partial charge in [0.1, 0.15) is 0 Å². The molecule has 0 bridgehead atoms. The number of aromatic hydroxyl groups is 2. The Morgan fingerprint density at radius 1 is 1.00 bits per heavy atom. The monoisotopic (exact) mass is 285 g/mol. The van der Waals surface area contributed by atoms with Crippen molar-refractivity contribution in [2.75, 3.05) is 0 Å². The van der Waals surface area contributed by atoms with Crippen LogP contribution in [-0.2, 0) is 5.41 Å². The van der Waals surface area contributed by atoms with Crippen LogP contribution in [0.25, 0.3) is 0 Å². The van der Waals surface area contributed by atoms with E-state index in [-0.39, 0.29) is 16.6 Å². The molecule has 2 aromatic carbocycles. The molecule has 0 aromatic heterocycles. The Hall–Kier alpha value is -2.14. The average molecular weight is 285 g/mol. The predicted octanol–water partition coefficient (Wildman–Crippen LogP) is 1.53. The normalized spacial score (nSPS) is 11.2. The fourth-order valence-corrected chi connectivity index (χ4v) is 2.17. The first-order chi connectivity index (χ1) is 9.80. The second kappa shape index (κ2) is 5.70. The molecule has 0 spiro atoms. The minimum absolute atomic E-state index is 0.0753. The first-order valence-corrected chi connectivity index (χ1v) is 6.73. The second-order valence-corrected chi connectivity index (χ2v) is 5.91. The molecule has 0 aliphatic rings. The van der Waals surface area contributed by atoms with Crippen LogP contribution >= 0.6 is 0 Å². The predicted molar refractivity (Wildman–Crippen MR) is 80.9 cm³/mol. The first kappa shape index (κ1) is 15.3. The van der Waals surface area contributed by atoms with Gasteiger partial charge >= 0.3 is 0 Å². The van der Waals surface area contributed by atoms with Crippen molar-refractivity contribution in [3.63, 3.8) is 0 Å². The lowest BCUT2D eigenvalue weighted by atomic mass is 9.69. The van der Waals surface area contributed by atoms with Gasteiger partial charge in [-0.25, -0.2) is 0 Å². The van der Waals surface area contributed by atoms with Gasteiger partial charge in [-0.2, -0.15) is 0 Å². The molecule has 0 fully saturated rings. The highest BCUT2D eigenvalue weighted by Crippen LogP contribution is 2.30. The summed E-state index contributed by atoms with van der Waals surface area (Å²) < 4.78 is 5.35. The Kier molecular flexibility index (Phi) is 4.14. The summed E-state index contributed by atoms with van der Waals surface area (Å²) in [5, 5.41) is 32.2. The standard InChI is InChI=1S/C16H18BO4/c1-16(2,3)12-9-10-13(18)15(19)14(12)17(20)21-11-7-5-4-6-8-11/h4-10,18-19H,1-3H3/q-1. The highest BCUT2D eigenvalue weighted by molar-refractivity contribution is 6.61. The second-order valence-electron chi connectivity index (χ2n) is 5.91. The fourth-order valence-electron chi connectivity index (χ4n) is 2.17. The Balaban J connectivity index is 2.44. The largest absolute Gasteiger partial charge is 0.842 e. The van der Waals surface area contributed by atoms with E-state index in [1.165, 1.54) is 6.07 Å². The Labute approximate surface area is 124 Å². The molecule has 2 aromatic rings. The van der Waals surface area contributed by atoms with Crippen molar-refractivity contribution in [2.24, 2.45) is 0 Å². The quantitative estimate of drug-likeness (QED) is 0.662. The van der Waals surface area contributed by atoms with Crippen LogP contribution in [-0.4, -0.2) is 17.3 Å². The van der Waals surface area contributed by atoms with Gasteiger partial charge in [-0.1, -0.05) is 45.0 Å². The summed E-state index contributed by atoms with van der Waals surface area (Å²) in [6, 6.07) is 11.7. The highest BCUT2D eigenvalue weighted by Gasteiger charge is 2.25. The lowest BCUT2D eigenvalue weighted by Gasteiger charge is -2.30. The van der Waals surface area contributed by atoms with Gasteiger partial charge in [0, 0.05) is 0 Å². The molecular formula is C16H18BO4-. The minimum Gasteiger partial charge on any atom is -0.842 e. The summed E-state index contributed by atoms with van der Waals surface area (Å²) in [6.45, 7) is 5.78. The molecule has 21 heavy (non-hydrogen) atoms. The zero-order valence-electron chi connectivity index (χ0n) is 12.3. The lowest BCUT2D eigenvalue weighted by Crippen LogP contribution is -2.52. The fraction of sp³-hybridized carbons (Fsp3) is 0.250. The number of hydrogen-bond donors (Lipinski definition) is 2. The molecule has 0 saturated carbocycles.